The predicted octanol–water partition coefficient (Wildman–Crippen LogP) is 2.98. The van der Waals surface area contributed by atoms with Crippen molar-refractivity contribution in [2.75, 3.05) is 6.54 Å². The van der Waals surface area contributed by atoms with Crippen LogP contribution in [0.5, 0.6) is 0 Å². The molecule has 0 unspecified atom stereocenters. The Kier molecular flexibility index (Phi) is 4.79. The van der Waals surface area contributed by atoms with E-state index in [1.54, 1.807) is 0 Å². The zero-order valence-corrected chi connectivity index (χ0v) is 9.16. The third-order valence-corrected chi connectivity index (χ3v) is 3.09. The van der Waals surface area contributed by atoms with Crippen LogP contribution in [0, 0.1) is 0 Å². The lowest BCUT2D eigenvalue weighted by Gasteiger charge is -1.97. The molecule has 0 spiro atoms. The molecule has 0 fully saturated rings. The van der Waals surface area contributed by atoms with Crippen LogP contribution in [0.1, 0.15) is 23.6 Å². The second-order valence-electron chi connectivity index (χ2n) is 2.92. The first-order valence-corrected chi connectivity index (χ1v) is 5.58. The maximum atomic E-state index is 3.36. The van der Waals surface area contributed by atoms with E-state index in [1.165, 1.54) is 9.75 Å². The highest BCUT2D eigenvalue weighted by Gasteiger charge is 1.96. The van der Waals surface area contributed by atoms with Crippen LogP contribution in [0.2, 0.25) is 0 Å². The first kappa shape index (κ1) is 10.5. The number of nitrogens with one attached hydrogen (secondary N) is 1. The summed E-state index contributed by atoms with van der Waals surface area (Å²) in [4.78, 5) is 2.91. The van der Waals surface area contributed by atoms with E-state index in [2.05, 4.69) is 36.5 Å². The lowest BCUT2D eigenvalue weighted by atomic mass is 10.3. The van der Waals surface area contributed by atoms with Crippen molar-refractivity contribution < 1.29 is 0 Å². The summed E-state index contributed by atoms with van der Waals surface area (Å²) >= 11 is 1.90. The molecule has 72 valence electrons. The van der Waals surface area contributed by atoms with E-state index in [1.807, 2.05) is 18.3 Å². The second-order valence-corrected chi connectivity index (χ2v) is 4.17. The number of aryl methyl sites for hydroxylation is 1. The van der Waals surface area contributed by atoms with E-state index in [0.717, 1.165) is 19.5 Å². The van der Waals surface area contributed by atoms with E-state index in [0.29, 0.717) is 0 Å². The molecular weight excluding hydrogens is 178 g/mol. The zero-order valence-electron chi connectivity index (χ0n) is 8.34. The second kappa shape index (κ2) is 5.95. The lowest BCUT2D eigenvalue weighted by molar-refractivity contribution is 0.769. The van der Waals surface area contributed by atoms with Gasteiger partial charge in [0, 0.05) is 22.8 Å². The third-order valence-electron chi connectivity index (χ3n) is 1.86. The standard InChI is InChI=1S/C11H17NS/c1-3-5-8-12-9-11-7-6-10(4-2)13-11/h3,5-7,12H,4,8-9H2,1-2H3/b5-3+. The summed E-state index contributed by atoms with van der Waals surface area (Å²) in [6, 6.07) is 4.43. The fourth-order valence-corrected chi connectivity index (χ4v) is 2.03. The molecule has 1 rings (SSSR count). The minimum atomic E-state index is 0.968. The highest BCUT2D eigenvalue weighted by Crippen LogP contribution is 2.16. The van der Waals surface area contributed by atoms with Gasteiger partial charge in [0.2, 0.25) is 0 Å². The molecule has 1 nitrogen and oxygen atoms in total. The van der Waals surface area contributed by atoms with Gasteiger partial charge in [-0.15, -0.1) is 11.3 Å². The van der Waals surface area contributed by atoms with Crippen molar-refractivity contribution in [3.8, 4) is 0 Å². The molecule has 0 aromatic carbocycles. The molecule has 0 aliphatic carbocycles. The van der Waals surface area contributed by atoms with Crippen LogP contribution in [-0.2, 0) is 13.0 Å². The van der Waals surface area contributed by atoms with Crippen LogP contribution < -0.4 is 5.32 Å². The number of rotatable bonds is 5. The van der Waals surface area contributed by atoms with Crippen molar-refractivity contribution in [1.82, 2.24) is 5.32 Å². The molecule has 0 amide bonds. The average molecular weight is 195 g/mol. The summed E-state index contributed by atoms with van der Waals surface area (Å²) in [7, 11) is 0. The summed E-state index contributed by atoms with van der Waals surface area (Å²) in [6.07, 6.45) is 5.35. The van der Waals surface area contributed by atoms with Crippen molar-refractivity contribution >= 4 is 11.3 Å². The summed E-state index contributed by atoms with van der Waals surface area (Å²) in [5, 5.41) is 3.36. The van der Waals surface area contributed by atoms with E-state index >= 15 is 0 Å². The van der Waals surface area contributed by atoms with Crippen LogP contribution in [0.25, 0.3) is 0 Å². The van der Waals surface area contributed by atoms with Gasteiger partial charge in [0.05, 0.1) is 0 Å². The quantitative estimate of drug-likeness (QED) is 0.562. The van der Waals surface area contributed by atoms with Crippen LogP contribution in [0.15, 0.2) is 24.3 Å². The molecule has 0 aliphatic heterocycles. The molecule has 0 saturated heterocycles. The summed E-state index contributed by atoms with van der Waals surface area (Å²) < 4.78 is 0. The summed E-state index contributed by atoms with van der Waals surface area (Å²) in [5.41, 5.74) is 0. The molecule has 1 N–H and O–H groups in total. The first-order valence-electron chi connectivity index (χ1n) is 4.76. The lowest BCUT2D eigenvalue weighted by Crippen LogP contribution is -2.11. The Morgan fingerprint density at radius 2 is 2.15 bits per heavy atom. The SMILES string of the molecule is C/C=C/CNCc1ccc(CC)s1. The smallest absolute Gasteiger partial charge is 0.0302 e. The van der Waals surface area contributed by atoms with Gasteiger partial charge in [-0.25, -0.2) is 0 Å². The van der Waals surface area contributed by atoms with Crippen LogP contribution >= 0.6 is 11.3 Å². The van der Waals surface area contributed by atoms with Gasteiger partial charge in [-0.2, -0.15) is 0 Å². The van der Waals surface area contributed by atoms with Gasteiger partial charge < -0.3 is 5.32 Å². The van der Waals surface area contributed by atoms with Gasteiger partial charge >= 0.3 is 0 Å². The van der Waals surface area contributed by atoms with Gasteiger partial charge in [-0.3, -0.25) is 0 Å². The van der Waals surface area contributed by atoms with Gasteiger partial charge in [0.25, 0.3) is 0 Å². The molecule has 1 heterocycles. The Hall–Kier alpha value is -0.600. The Bertz CT molecular complexity index is 263. The minimum absolute atomic E-state index is 0.968. The van der Waals surface area contributed by atoms with Crippen molar-refractivity contribution in [2.45, 2.75) is 26.8 Å². The van der Waals surface area contributed by atoms with E-state index in [-0.39, 0.29) is 0 Å². The molecule has 0 bridgehead atoms. The third kappa shape index (κ3) is 3.75. The van der Waals surface area contributed by atoms with E-state index in [4.69, 9.17) is 0 Å². The Morgan fingerprint density at radius 1 is 1.38 bits per heavy atom. The first-order chi connectivity index (χ1) is 6.36. The number of hydrogen-bond acceptors (Lipinski definition) is 2. The number of thiophene rings is 1. The van der Waals surface area contributed by atoms with Crippen molar-refractivity contribution in [2.24, 2.45) is 0 Å². The summed E-state index contributed by atoms with van der Waals surface area (Å²) in [6.45, 7) is 6.20. The van der Waals surface area contributed by atoms with Crippen molar-refractivity contribution in [1.29, 1.82) is 0 Å². The molecule has 1 aromatic rings. The van der Waals surface area contributed by atoms with Crippen LogP contribution in [0.3, 0.4) is 0 Å². The average Bonchev–Trinajstić information content (AvgIpc) is 2.60. The molecule has 2 heteroatoms. The Balaban J connectivity index is 2.28. The fraction of sp³-hybridized carbons (Fsp3) is 0.455. The molecule has 1 aromatic heterocycles. The molecular formula is C11H17NS. The number of hydrogen-bond donors (Lipinski definition) is 1. The van der Waals surface area contributed by atoms with Gasteiger partial charge in [-0.1, -0.05) is 19.1 Å². The topological polar surface area (TPSA) is 12.0 Å². The largest absolute Gasteiger partial charge is 0.308 e. The summed E-state index contributed by atoms with van der Waals surface area (Å²) in [5.74, 6) is 0. The molecule has 13 heavy (non-hydrogen) atoms. The monoisotopic (exact) mass is 195 g/mol. The molecule has 0 aliphatic rings. The zero-order chi connectivity index (χ0) is 9.52. The maximum absolute atomic E-state index is 3.36. The highest BCUT2D eigenvalue weighted by molar-refractivity contribution is 7.11. The minimum Gasteiger partial charge on any atom is -0.308 e. The highest BCUT2D eigenvalue weighted by atomic mass is 32.1. The van der Waals surface area contributed by atoms with Gasteiger partial charge in [0.1, 0.15) is 0 Å². The fourth-order valence-electron chi connectivity index (χ4n) is 1.10. The van der Waals surface area contributed by atoms with Gasteiger partial charge in [-0.05, 0) is 25.5 Å². The predicted molar refractivity (Wildman–Crippen MR) is 60.2 cm³/mol. The van der Waals surface area contributed by atoms with Gasteiger partial charge in [0.15, 0.2) is 0 Å². The maximum Gasteiger partial charge on any atom is 0.0302 e. The molecule has 0 saturated carbocycles. The normalized spacial score (nSPS) is 11.2. The van der Waals surface area contributed by atoms with Crippen LogP contribution in [0.4, 0.5) is 0 Å². The Morgan fingerprint density at radius 3 is 2.77 bits per heavy atom. The van der Waals surface area contributed by atoms with E-state index < -0.39 is 0 Å². The van der Waals surface area contributed by atoms with Crippen LogP contribution in [-0.4, -0.2) is 6.54 Å². The molecule has 0 atom stereocenters. The Labute approximate surface area is 84.5 Å². The van der Waals surface area contributed by atoms with E-state index in [9.17, 15) is 0 Å². The number of allylic oxidation sites excluding steroid dienone is 1. The van der Waals surface area contributed by atoms with Crippen molar-refractivity contribution in [3.63, 3.8) is 0 Å². The molecule has 0 radical (unpaired) electrons. The van der Waals surface area contributed by atoms with Crippen molar-refractivity contribution in [3.05, 3.63) is 34.0 Å².